The van der Waals surface area contributed by atoms with Gasteiger partial charge in [-0.2, -0.15) is 0 Å². The largest absolute Gasteiger partial charge is 0.506 e. The molecular formula is C8H7NO3. The zero-order valence-corrected chi connectivity index (χ0v) is 6.44. The normalized spacial score (nSPS) is 9.42. The molecule has 0 aliphatic carbocycles. The van der Waals surface area contributed by atoms with Gasteiger partial charge in [-0.3, -0.25) is 4.79 Å². The fourth-order valence-corrected chi connectivity index (χ4v) is 0.975. The van der Waals surface area contributed by atoms with Crippen LogP contribution in [0.4, 0.5) is 5.69 Å². The first-order valence-corrected chi connectivity index (χ1v) is 3.31. The van der Waals surface area contributed by atoms with Gasteiger partial charge in [0.25, 0.3) is 0 Å². The summed E-state index contributed by atoms with van der Waals surface area (Å²) in [6, 6.07) is 2.69. The van der Waals surface area contributed by atoms with Crippen molar-refractivity contribution in [3.63, 3.8) is 0 Å². The Morgan fingerprint density at radius 3 is 2.58 bits per heavy atom. The maximum absolute atomic E-state index is 10.3. The highest BCUT2D eigenvalue weighted by atomic mass is 16.3. The highest BCUT2D eigenvalue weighted by molar-refractivity contribution is 5.78. The minimum absolute atomic E-state index is 0.0133. The molecule has 1 N–H and O–H groups in total. The summed E-state index contributed by atoms with van der Waals surface area (Å²) < 4.78 is 0. The Balaban J connectivity index is 3.36. The van der Waals surface area contributed by atoms with Crippen LogP contribution in [0.2, 0.25) is 0 Å². The smallest absolute Gasteiger partial charge is 0.152 e. The summed E-state index contributed by atoms with van der Waals surface area (Å²) in [5.41, 5.74) is 0.810. The van der Waals surface area contributed by atoms with Crippen molar-refractivity contribution in [2.75, 3.05) is 0 Å². The van der Waals surface area contributed by atoms with E-state index in [0.717, 1.165) is 0 Å². The summed E-state index contributed by atoms with van der Waals surface area (Å²) in [5, 5.41) is 11.8. The lowest BCUT2D eigenvalue weighted by Gasteiger charge is -2.00. The fourth-order valence-electron chi connectivity index (χ4n) is 0.975. The number of aldehydes is 1. The van der Waals surface area contributed by atoms with Crippen molar-refractivity contribution >= 4 is 12.0 Å². The summed E-state index contributed by atoms with van der Waals surface area (Å²) >= 11 is 0. The third-order valence-electron chi connectivity index (χ3n) is 1.53. The van der Waals surface area contributed by atoms with Crippen LogP contribution >= 0.6 is 0 Å². The molecule has 0 aliphatic rings. The number of benzene rings is 1. The molecular weight excluding hydrogens is 158 g/mol. The lowest BCUT2D eigenvalue weighted by atomic mass is 10.1. The number of rotatable bonds is 2. The molecule has 4 heteroatoms. The van der Waals surface area contributed by atoms with Crippen LogP contribution in [-0.4, -0.2) is 11.4 Å². The van der Waals surface area contributed by atoms with Crippen molar-refractivity contribution in [2.24, 2.45) is 5.18 Å². The van der Waals surface area contributed by atoms with E-state index in [1.807, 2.05) is 0 Å². The molecule has 0 heterocycles. The summed E-state index contributed by atoms with van der Waals surface area (Å²) in [6.45, 7) is 1.60. The Bertz CT molecular complexity index is 310. The van der Waals surface area contributed by atoms with Crippen LogP contribution in [0.1, 0.15) is 15.9 Å². The molecule has 0 spiro atoms. The number of aromatic hydroxyl groups is 1. The number of carbonyl (C=O) groups is 1. The van der Waals surface area contributed by atoms with Gasteiger partial charge >= 0.3 is 0 Å². The minimum Gasteiger partial charge on any atom is -0.506 e. The van der Waals surface area contributed by atoms with Gasteiger partial charge in [-0.05, 0) is 29.8 Å². The maximum Gasteiger partial charge on any atom is 0.152 e. The van der Waals surface area contributed by atoms with Gasteiger partial charge in [-0.15, -0.1) is 4.91 Å². The molecule has 0 fully saturated rings. The zero-order valence-electron chi connectivity index (χ0n) is 6.44. The molecule has 0 bridgehead atoms. The Hall–Kier alpha value is -1.71. The van der Waals surface area contributed by atoms with E-state index >= 15 is 0 Å². The van der Waals surface area contributed by atoms with Gasteiger partial charge in [-0.25, -0.2) is 0 Å². The quantitative estimate of drug-likeness (QED) is 0.537. The third kappa shape index (κ3) is 1.32. The average Bonchev–Trinajstić information content (AvgIpc) is 2.03. The molecule has 0 saturated carbocycles. The Kier molecular flexibility index (Phi) is 2.19. The van der Waals surface area contributed by atoms with Crippen molar-refractivity contribution < 1.29 is 9.90 Å². The molecule has 0 aromatic heterocycles. The standard InChI is InChI=1S/C8H7NO3/c1-5-2-6(4-10)3-7(11)8(5)9-12/h2-4,11H,1H3. The van der Waals surface area contributed by atoms with Crippen molar-refractivity contribution in [3.05, 3.63) is 28.2 Å². The number of nitrogens with zero attached hydrogens (tertiary/aromatic N) is 1. The topological polar surface area (TPSA) is 66.7 Å². The second-order valence-corrected chi connectivity index (χ2v) is 2.41. The van der Waals surface area contributed by atoms with Gasteiger partial charge in [0, 0.05) is 5.56 Å². The van der Waals surface area contributed by atoms with Crippen molar-refractivity contribution in [1.29, 1.82) is 0 Å². The summed E-state index contributed by atoms with van der Waals surface area (Å²) in [5.74, 6) is -0.257. The van der Waals surface area contributed by atoms with Gasteiger partial charge in [0.15, 0.2) is 5.69 Å². The highest BCUT2D eigenvalue weighted by Gasteiger charge is 2.06. The highest BCUT2D eigenvalue weighted by Crippen LogP contribution is 2.30. The molecule has 1 rings (SSSR count). The molecule has 0 unspecified atom stereocenters. The molecule has 1 aromatic rings. The van der Waals surface area contributed by atoms with Crippen molar-refractivity contribution in [3.8, 4) is 5.75 Å². The zero-order chi connectivity index (χ0) is 9.14. The van der Waals surface area contributed by atoms with Gasteiger partial charge in [0.2, 0.25) is 0 Å². The van der Waals surface area contributed by atoms with Crippen LogP contribution in [0.25, 0.3) is 0 Å². The van der Waals surface area contributed by atoms with E-state index in [0.29, 0.717) is 17.4 Å². The molecule has 12 heavy (non-hydrogen) atoms. The molecule has 0 amide bonds. The van der Waals surface area contributed by atoms with E-state index in [1.165, 1.54) is 12.1 Å². The van der Waals surface area contributed by atoms with Crippen molar-refractivity contribution in [2.45, 2.75) is 6.92 Å². The Labute approximate surface area is 68.8 Å². The molecule has 0 aliphatic heterocycles. The lowest BCUT2D eigenvalue weighted by Crippen LogP contribution is -1.82. The van der Waals surface area contributed by atoms with Gasteiger partial charge in [-0.1, -0.05) is 0 Å². The molecule has 1 aromatic carbocycles. The molecule has 0 radical (unpaired) electrons. The first-order valence-electron chi connectivity index (χ1n) is 3.31. The SMILES string of the molecule is Cc1cc(C=O)cc(O)c1N=O. The Morgan fingerprint density at radius 2 is 2.17 bits per heavy atom. The summed E-state index contributed by atoms with van der Waals surface area (Å²) in [7, 11) is 0. The minimum atomic E-state index is -0.257. The predicted molar refractivity (Wildman–Crippen MR) is 43.7 cm³/mol. The molecule has 62 valence electrons. The van der Waals surface area contributed by atoms with Crippen LogP contribution in [0, 0.1) is 11.8 Å². The monoisotopic (exact) mass is 165 g/mol. The first kappa shape index (κ1) is 8.39. The predicted octanol–water partition coefficient (Wildman–Crippen LogP) is 1.91. The van der Waals surface area contributed by atoms with E-state index in [-0.39, 0.29) is 11.4 Å². The summed E-state index contributed by atoms with van der Waals surface area (Å²) in [4.78, 5) is 20.4. The van der Waals surface area contributed by atoms with Crippen molar-refractivity contribution in [1.82, 2.24) is 0 Å². The van der Waals surface area contributed by atoms with E-state index in [4.69, 9.17) is 5.11 Å². The number of hydrogen-bond donors (Lipinski definition) is 1. The van der Waals surface area contributed by atoms with E-state index < -0.39 is 0 Å². The fraction of sp³-hybridized carbons (Fsp3) is 0.125. The number of aryl methyl sites for hydroxylation is 1. The third-order valence-corrected chi connectivity index (χ3v) is 1.53. The van der Waals surface area contributed by atoms with Gasteiger partial charge < -0.3 is 5.11 Å². The summed E-state index contributed by atoms with van der Waals surface area (Å²) in [6.07, 6.45) is 0.599. The first-order chi connectivity index (χ1) is 5.69. The van der Waals surface area contributed by atoms with Crippen LogP contribution in [0.5, 0.6) is 5.75 Å². The van der Waals surface area contributed by atoms with E-state index in [2.05, 4.69) is 5.18 Å². The number of nitroso groups, excluding NO2 is 1. The second kappa shape index (κ2) is 3.13. The molecule has 0 saturated heterocycles. The number of phenolic OH excluding ortho intramolecular Hbond substituents is 1. The number of carbonyl (C=O) groups excluding carboxylic acids is 1. The average molecular weight is 165 g/mol. The number of phenols is 1. The Morgan fingerprint density at radius 1 is 1.50 bits per heavy atom. The molecule has 0 atom stereocenters. The maximum atomic E-state index is 10.3. The van der Waals surface area contributed by atoms with Crippen LogP contribution in [0.15, 0.2) is 17.3 Å². The number of hydrogen-bond acceptors (Lipinski definition) is 4. The lowest BCUT2D eigenvalue weighted by molar-refractivity contribution is 0.112. The van der Waals surface area contributed by atoms with Gasteiger partial charge in [0.1, 0.15) is 12.0 Å². The van der Waals surface area contributed by atoms with Gasteiger partial charge in [0.05, 0.1) is 0 Å². The van der Waals surface area contributed by atoms with Crippen LogP contribution in [-0.2, 0) is 0 Å². The van der Waals surface area contributed by atoms with E-state index in [1.54, 1.807) is 6.92 Å². The van der Waals surface area contributed by atoms with Crippen LogP contribution < -0.4 is 0 Å². The van der Waals surface area contributed by atoms with Crippen LogP contribution in [0.3, 0.4) is 0 Å². The molecule has 4 nitrogen and oxygen atoms in total. The van der Waals surface area contributed by atoms with E-state index in [9.17, 15) is 9.70 Å². The second-order valence-electron chi connectivity index (χ2n) is 2.41.